The van der Waals surface area contributed by atoms with Crippen LogP contribution in [0.5, 0.6) is 0 Å². The van der Waals surface area contributed by atoms with E-state index in [1.165, 1.54) is 12.1 Å². The van der Waals surface area contributed by atoms with Gasteiger partial charge in [-0.3, -0.25) is 4.79 Å². The van der Waals surface area contributed by atoms with Gasteiger partial charge in [0.1, 0.15) is 12.1 Å². The van der Waals surface area contributed by atoms with Gasteiger partial charge in [-0.15, -0.1) is 5.10 Å². The normalized spacial score (nSPS) is 12.8. The lowest BCUT2D eigenvalue weighted by atomic mass is 10.0. The number of halogens is 1. The lowest BCUT2D eigenvalue weighted by Gasteiger charge is -2.07. The molecule has 2 N–H and O–H groups in total. The van der Waals surface area contributed by atoms with Crippen molar-refractivity contribution < 1.29 is 14.0 Å². The number of hydrogen-bond acceptors (Lipinski definition) is 5. The van der Waals surface area contributed by atoms with Crippen LogP contribution in [0.4, 0.5) is 10.3 Å². The molecule has 4 rings (SSSR count). The molecule has 1 aliphatic carbocycles. The van der Waals surface area contributed by atoms with Gasteiger partial charge in [0.05, 0.1) is 5.56 Å². The standard InChI is InChI=1S/C17H18FN5O.C4H6O/c1-3-8-20-16(24)13-7-6-11(10-14(13)18)12-5-4-9-23-15(12)21-17(19-2)22-23;5-3-4-1-2-4/h4-7,9-10H,3,8H2,1-2H3,(H,19,22)(H,20,24);3-4H,1-2H2. The molecule has 2 heterocycles. The molecule has 29 heavy (non-hydrogen) atoms. The van der Waals surface area contributed by atoms with Crippen LogP contribution in [0.15, 0.2) is 36.5 Å². The van der Waals surface area contributed by atoms with Gasteiger partial charge in [0.2, 0.25) is 5.95 Å². The smallest absolute Gasteiger partial charge is 0.254 e. The van der Waals surface area contributed by atoms with E-state index in [-0.39, 0.29) is 5.56 Å². The molecule has 0 spiro atoms. The summed E-state index contributed by atoms with van der Waals surface area (Å²) in [7, 11) is 1.73. The molecule has 1 saturated carbocycles. The fraction of sp³-hybridized carbons (Fsp3) is 0.333. The summed E-state index contributed by atoms with van der Waals surface area (Å²) < 4.78 is 16.0. The summed E-state index contributed by atoms with van der Waals surface area (Å²) in [6, 6.07) is 8.22. The number of anilines is 1. The highest BCUT2D eigenvalue weighted by atomic mass is 19.1. The Labute approximate surface area is 168 Å². The number of fused-ring (bicyclic) bond motifs is 1. The number of benzene rings is 1. The van der Waals surface area contributed by atoms with Crippen LogP contribution in [0, 0.1) is 11.7 Å². The second-order valence-electron chi connectivity index (χ2n) is 6.80. The minimum atomic E-state index is -0.559. The molecule has 7 nitrogen and oxygen atoms in total. The molecule has 0 unspecified atom stereocenters. The molecule has 1 aliphatic rings. The molecule has 1 aromatic carbocycles. The number of aldehydes is 1. The molecule has 0 bridgehead atoms. The maximum Gasteiger partial charge on any atom is 0.254 e. The first-order chi connectivity index (χ1) is 14.1. The van der Waals surface area contributed by atoms with Crippen molar-refractivity contribution in [3.63, 3.8) is 0 Å². The van der Waals surface area contributed by atoms with Gasteiger partial charge in [-0.2, -0.15) is 4.98 Å². The monoisotopic (exact) mass is 397 g/mol. The van der Waals surface area contributed by atoms with Crippen LogP contribution in [0.2, 0.25) is 0 Å². The molecular weight excluding hydrogens is 373 g/mol. The van der Waals surface area contributed by atoms with Crippen LogP contribution in [0.1, 0.15) is 36.5 Å². The topological polar surface area (TPSA) is 88.4 Å². The molecule has 0 aliphatic heterocycles. The van der Waals surface area contributed by atoms with Gasteiger partial charge in [0.25, 0.3) is 5.91 Å². The third-order valence-corrected chi connectivity index (χ3v) is 4.46. The third kappa shape index (κ3) is 4.96. The highest BCUT2D eigenvalue weighted by Gasteiger charge is 2.19. The molecule has 1 fully saturated rings. The Morgan fingerprint density at radius 1 is 1.34 bits per heavy atom. The first kappa shape index (κ1) is 20.4. The fourth-order valence-electron chi connectivity index (χ4n) is 2.67. The summed E-state index contributed by atoms with van der Waals surface area (Å²) in [5.74, 6) is -0.0241. The molecular formula is C21H24FN5O2. The zero-order valence-corrected chi connectivity index (χ0v) is 16.5. The van der Waals surface area contributed by atoms with Crippen molar-refractivity contribution >= 4 is 23.8 Å². The van der Waals surface area contributed by atoms with E-state index in [1.54, 1.807) is 23.8 Å². The Bertz CT molecular complexity index is 1010. The number of amides is 1. The number of nitrogens with one attached hydrogen (secondary N) is 2. The van der Waals surface area contributed by atoms with Crippen LogP contribution in [0.25, 0.3) is 16.8 Å². The zero-order chi connectivity index (χ0) is 20.8. The van der Waals surface area contributed by atoms with Crippen molar-refractivity contribution in [2.75, 3.05) is 18.9 Å². The minimum absolute atomic E-state index is 0.0385. The predicted octanol–water partition coefficient (Wildman–Crippen LogP) is 3.31. The Morgan fingerprint density at radius 3 is 2.72 bits per heavy atom. The summed E-state index contributed by atoms with van der Waals surface area (Å²) >= 11 is 0. The Hall–Kier alpha value is -3.29. The fourth-order valence-corrected chi connectivity index (χ4v) is 2.67. The van der Waals surface area contributed by atoms with E-state index >= 15 is 0 Å². The van der Waals surface area contributed by atoms with Crippen molar-refractivity contribution in [3.8, 4) is 11.1 Å². The second-order valence-corrected chi connectivity index (χ2v) is 6.80. The lowest BCUT2D eigenvalue weighted by Crippen LogP contribution is -2.24. The van der Waals surface area contributed by atoms with Gasteiger partial charge in [-0.1, -0.05) is 13.0 Å². The van der Waals surface area contributed by atoms with Crippen molar-refractivity contribution in [1.82, 2.24) is 19.9 Å². The van der Waals surface area contributed by atoms with Gasteiger partial charge in [0.15, 0.2) is 5.65 Å². The van der Waals surface area contributed by atoms with E-state index in [9.17, 15) is 14.0 Å². The van der Waals surface area contributed by atoms with Crippen LogP contribution in [0.3, 0.4) is 0 Å². The third-order valence-electron chi connectivity index (χ3n) is 4.46. The molecule has 8 heteroatoms. The second kappa shape index (κ2) is 9.27. The molecule has 0 atom stereocenters. The summed E-state index contributed by atoms with van der Waals surface area (Å²) in [6.07, 6.45) is 5.89. The first-order valence-corrected chi connectivity index (χ1v) is 9.64. The number of nitrogens with zero attached hydrogens (tertiary/aromatic N) is 3. The van der Waals surface area contributed by atoms with Gasteiger partial charge in [0, 0.05) is 31.3 Å². The van der Waals surface area contributed by atoms with Crippen molar-refractivity contribution in [2.45, 2.75) is 26.2 Å². The average Bonchev–Trinajstić information content (AvgIpc) is 3.49. The molecule has 0 saturated heterocycles. The van der Waals surface area contributed by atoms with E-state index in [1.807, 2.05) is 19.1 Å². The highest BCUT2D eigenvalue weighted by Crippen LogP contribution is 2.26. The van der Waals surface area contributed by atoms with Gasteiger partial charge in [-0.25, -0.2) is 8.91 Å². The number of hydrogen-bond donors (Lipinski definition) is 2. The minimum Gasteiger partial charge on any atom is -0.356 e. The van der Waals surface area contributed by atoms with Crippen molar-refractivity contribution in [2.24, 2.45) is 5.92 Å². The van der Waals surface area contributed by atoms with Crippen LogP contribution in [-0.4, -0.2) is 40.4 Å². The Morgan fingerprint density at radius 2 is 2.14 bits per heavy atom. The zero-order valence-electron chi connectivity index (χ0n) is 16.5. The number of carbonyl (C=O) groups excluding carboxylic acids is 2. The van der Waals surface area contributed by atoms with E-state index in [4.69, 9.17) is 0 Å². The van der Waals surface area contributed by atoms with Crippen molar-refractivity contribution in [3.05, 3.63) is 47.9 Å². The number of rotatable bonds is 6. The van der Waals surface area contributed by atoms with E-state index in [0.29, 0.717) is 29.6 Å². The summed E-state index contributed by atoms with van der Waals surface area (Å²) in [5, 5.41) is 9.81. The molecule has 152 valence electrons. The highest BCUT2D eigenvalue weighted by molar-refractivity contribution is 5.95. The van der Waals surface area contributed by atoms with Crippen LogP contribution in [-0.2, 0) is 4.79 Å². The van der Waals surface area contributed by atoms with Crippen molar-refractivity contribution in [1.29, 1.82) is 0 Å². The van der Waals surface area contributed by atoms with E-state index in [2.05, 4.69) is 20.7 Å². The summed E-state index contributed by atoms with van der Waals surface area (Å²) in [4.78, 5) is 25.9. The maximum absolute atomic E-state index is 14.4. The molecule has 1 amide bonds. The number of aromatic nitrogens is 3. The lowest BCUT2D eigenvalue weighted by molar-refractivity contribution is -0.108. The quantitative estimate of drug-likeness (QED) is 0.623. The summed E-state index contributed by atoms with van der Waals surface area (Å²) in [5.41, 5.74) is 2.03. The van der Waals surface area contributed by atoms with Gasteiger partial charge >= 0.3 is 0 Å². The predicted molar refractivity (Wildman–Crippen MR) is 109 cm³/mol. The molecule has 0 radical (unpaired) electrons. The number of pyridine rings is 1. The van der Waals surface area contributed by atoms with Crippen LogP contribution >= 0.6 is 0 Å². The Balaban J connectivity index is 0.000000419. The van der Waals surface area contributed by atoms with Gasteiger partial charge in [-0.05, 0) is 49.1 Å². The Kier molecular flexibility index (Phi) is 6.54. The number of carbonyl (C=O) groups is 2. The molecule has 2 aromatic heterocycles. The van der Waals surface area contributed by atoms with E-state index < -0.39 is 11.7 Å². The first-order valence-electron chi connectivity index (χ1n) is 9.64. The summed E-state index contributed by atoms with van der Waals surface area (Å²) in [6.45, 7) is 2.46. The average molecular weight is 397 g/mol. The van der Waals surface area contributed by atoms with Crippen LogP contribution < -0.4 is 10.6 Å². The largest absolute Gasteiger partial charge is 0.356 e. The van der Waals surface area contributed by atoms with Gasteiger partial charge < -0.3 is 15.4 Å². The molecule has 3 aromatic rings. The SMILES string of the molecule is CCCNC(=O)c1ccc(-c2cccn3nc(NC)nc23)cc1F.O=CC1CC1. The maximum atomic E-state index is 14.4. The van der Waals surface area contributed by atoms with E-state index in [0.717, 1.165) is 31.1 Å².